The fraction of sp³-hybridized carbons (Fsp3) is 0.500. The van der Waals surface area contributed by atoms with E-state index in [4.69, 9.17) is 0 Å². The Kier molecular flexibility index (Phi) is 1.35. The summed E-state index contributed by atoms with van der Waals surface area (Å²) < 4.78 is 0. The van der Waals surface area contributed by atoms with Crippen LogP contribution in [0.1, 0.15) is 13.8 Å². The molecule has 0 fully saturated rings. The smallest absolute Gasteiger partial charge is 0.0106 e. The van der Waals surface area contributed by atoms with E-state index in [0.717, 1.165) is 0 Å². The minimum absolute atomic E-state index is 0.256. The standard InChI is InChI=1S/C8H13N/c1-8(2)4-6-9(3)7-5-8/h4-7H,1-3H3. The van der Waals surface area contributed by atoms with Crippen molar-refractivity contribution in [2.45, 2.75) is 13.8 Å². The molecule has 1 rings (SSSR count). The second-order valence-electron chi connectivity index (χ2n) is 3.12. The van der Waals surface area contributed by atoms with E-state index in [-0.39, 0.29) is 5.41 Å². The van der Waals surface area contributed by atoms with Gasteiger partial charge in [-0.2, -0.15) is 0 Å². The van der Waals surface area contributed by atoms with Crippen molar-refractivity contribution in [3.05, 3.63) is 24.6 Å². The van der Waals surface area contributed by atoms with Crippen molar-refractivity contribution in [2.75, 3.05) is 7.05 Å². The van der Waals surface area contributed by atoms with Crippen molar-refractivity contribution in [2.24, 2.45) is 5.41 Å². The summed E-state index contributed by atoms with van der Waals surface area (Å²) >= 11 is 0. The highest BCUT2D eigenvalue weighted by Crippen LogP contribution is 2.22. The van der Waals surface area contributed by atoms with E-state index in [2.05, 4.69) is 38.4 Å². The molecule has 0 aromatic heterocycles. The summed E-state index contributed by atoms with van der Waals surface area (Å²) in [4.78, 5) is 2.05. The van der Waals surface area contributed by atoms with Crippen LogP contribution >= 0.6 is 0 Å². The van der Waals surface area contributed by atoms with Crippen LogP contribution in [0.2, 0.25) is 0 Å². The van der Waals surface area contributed by atoms with Gasteiger partial charge in [0.2, 0.25) is 0 Å². The average molecular weight is 123 g/mol. The molecular formula is C8H13N. The van der Waals surface area contributed by atoms with E-state index in [1.807, 2.05) is 11.9 Å². The van der Waals surface area contributed by atoms with Gasteiger partial charge in [-0.3, -0.25) is 0 Å². The first-order valence-electron chi connectivity index (χ1n) is 3.21. The molecule has 1 nitrogen and oxygen atoms in total. The Hall–Kier alpha value is -0.720. The van der Waals surface area contributed by atoms with Crippen molar-refractivity contribution in [1.29, 1.82) is 0 Å². The molecule has 0 N–H and O–H groups in total. The maximum Gasteiger partial charge on any atom is 0.0106 e. The summed E-state index contributed by atoms with van der Waals surface area (Å²) in [5.41, 5.74) is 0.256. The molecular weight excluding hydrogens is 110 g/mol. The Balaban J connectivity index is 2.70. The normalized spacial score (nSPS) is 22.8. The Morgan fingerprint density at radius 1 is 1.11 bits per heavy atom. The third-order valence-electron chi connectivity index (χ3n) is 1.48. The molecule has 1 heteroatoms. The van der Waals surface area contributed by atoms with Crippen LogP contribution < -0.4 is 0 Å². The quantitative estimate of drug-likeness (QED) is 0.476. The van der Waals surface area contributed by atoms with Crippen LogP contribution in [0.5, 0.6) is 0 Å². The van der Waals surface area contributed by atoms with Crippen LogP contribution in [-0.2, 0) is 0 Å². The molecule has 50 valence electrons. The molecule has 1 aliphatic heterocycles. The molecule has 9 heavy (non-hydrogen) atoms. The first-order valence-corrected chi connectivity index (χ1v) is 3.21. The first kappa shape index (κ1) is 6.40. The number of allylic oxidation sites excluding steroid dienone is 2. The topological polar surface area (TPSA) is 3.24 Å². The highest BCUT2D eigenvalue weighted by Gasteiger charge is 2.11. The second-order valence-corrected chi connectivity index (χ2v) is 3.12. The molecule has 0 radical (unpaired) electrons. The average Bonchev–Trinajstić information content (AvgIpc) is 1.78. The van der Waals surface area contributed by atoms with Crippen LogP contribution in [0.4, 0.5) is 0 Å². The van der Waals surface area contributed by atoms with Gasteiger partial charge in [0, 0.05) is 12.5 Å². The predicted molar refractivity (Wildman–Crippen MR) is 39.8 cm³/mol. The van der Waals surface area contributed by atoms with Crippen LogP contribution in [-0.4, -0.2) is 11.9 Å². The molecule has 0 aliphatic carbocycles. The largest absolute Gasteiger partial charge is 0.358 e. The third kappa shape index (κ3) is 1.60. The molecule has 0 unspecified atom stereocenters. The van der Waals surface area contributed by atoms with E-state index >= 15 is 0 Å². The van der Waals surface area contributed by atoms with Gasteiger partial charge in [0.1, 0.15) is 0 Å². The Bertz CT molecular complexity index is 138. The first-order chi connectivity index (χ1) is 4.10. The summed E-state index contributed by atoms with van der Waals surface area (Å²) in [7, 11) is 2.03. The molecule has 1 aliphatic rings. The monoisotopic (exact) mass is 123 g/mol. The van der Waals surface area contributed by atoms with E-state index in [1.165, 1.54) is 0 Å². The van der Waals surface area contributed by atoms with Crippen molar-refractivity contribution in [3.63, 3.8) is 0 Å². The molecule has 0 aromatic rings. The van der Waals surface area contributed by atoms with Gasteiger partial charge >= 0.3 is 0 Å². The lowest BCUT2D eigenvalue weighted by molar-refractivity contribution is 0.528. The van der Waals surface area contributed by atoms with Gasteiger partial charge in [0.25, 0.3) is 0 Å². The summed E-state index contributed by atoms with van der Waals surface area (Å²) in [5, 5.41) is 0. The zero-order valence-electron chi connectivity index (χ0n) is 6.26. The number of nitrogens with zero attached hydrogens (tertiary/aromatic N) is 1. The molecule has 0 atom stereocenters. The van der Waals surface area contributed by atoms with E-state index in [9.17, 15) is 0 Å². The molecule has 0 saturated heterocycles. The Morgan fingerprint density at radius 2 is 1.56 bits per heavy atom. The fourth-order valence-electron chi connectivity index (χ4n) is 0.725. The maximum atomic E-state index is 2.19. The number of hydrogen-bond donors (Lipinski definition) is 0. The summed E-state index contributed by atoms with van der Waals surface area (Å²) in [6.07, 6.45) is 8.54. The summed E-state index contributed by atoms with van der Waals surface area (Å²) in [6, 6.07) is 0. The zero-order chi connectivity index (χ0) is 6.91. The van der Waals surface area contributed by atoms with Crippen LogP contribution in [0.15, 0.2) is 24.6 Å². The van der Waals surface area contributed by atoms with Gasteiger partial charge < -0.3 is 4.90 Å². The molecule has 0 spiro atoms. The lowest BCUT2D eigenvalue weighted by Crippen LogP contribution is -2.13. The van der Waals surface area contributed by atoms with Crippen LogP contribution in [0.25, 0.3) is 0 Å². The number of hydrogen-bond acceptors (Lipinski definition) is 1. The zero-order valence-corrected chi connectivity index (χ0v) is 6.26. The lowest BCUT2D eigenvalue weighted by Gasteiger charge is -2.22. The Labute approximate surface area is 56.7 Å². The van der Waals surface area contributed by atoms with Crippen LogP contribution in [0.3, 0.4) is 0 Å². The van der Waals surface area contributed by atoms with Crippen molar-refractivity contribution in [1.82, 2.24) is 4.90 Å². The van der Waals surface area contributed by atoms with Gasteiger partial charge in [0.05, 0.1) is 0 Å². The van der Waals surface area contributed by atoms with E-state index in [0.29, 0.717) is 0 Å². The van der Waals surface area contributed by atoms with Crippen molar-refractivity contribution in [3.8, 4) is 0 Å². The fourth-order valence-corrected chi connectivity index (χ4v) is 0.725. The van der Waals surface area contributed by atoms with Crippen molar-refractivity contribution >= 4 is 0 Å². The minimum Gasteiger partial charge on any atom is -0.358 e. The molecule has 1 heterocycles. The van der Waals surface area contributed by atoms with Crippen molar-refractivity contribution < 1.29 is 0 Å². The van der Waals surface area contributed by atoms with Gasteiger partial charge in [0.15, 0.2) is 0 Å². The maximum absolute atomic E-state index is 2.19. The van der Waals surface area contributed by atoms with Crippen LogP contribution in [0, 0.1) is 5.41 Å². The second kappa shape index (κ2) is 1.90. The summed E-state index contributed by atoms with van der Waals surface area (Å²) in [6.45, 7) is 4.38. The Morgan fingerprint density at radius 3 is 1.89 bits per heavy atom. The van der Waals surface area contributed by atoms with Gasteiger partial charge in [-0.05, 0) is 12.4 Å². The lowest BCUT2D eigenvalue weighted by atomic mass is 9.92. The van der Waals surface area contributed by atoms with Gasteiger partial charge in [-0.25, -0.2) is 0 Å². The predicted octanol–water partition coefficient (Wildman–Crippen LogP) is 1.99. The molecule has 0 aromatic carbocycles. The van der Waals surface area contributed by atoms with Gasteiger partial charge in [-0.15, -0.1) is 0 Å². The van der Waals surface area contributed by atoms with E-state index in [1.54, 1.807) is 0 Å². The SMILES string of the molecule is CN1C=CC(C)(C)C=C1. The third-order valence-corrected chi connectivity index (χ3v) is 1.48. The summed E-state index contributed by atoms with van der Waals surface area (Å²) in [5.74, 6) is 0. The van der Waals surface area contributed by atoms with E-state index < -0.39 is 0 Å². The molecule has 0 amide bonds. The highest BCUT2D eigenvalue weighted by atomic mass is 15.0. The number of rotatable bonds is 0. The minimum atomic E-state index is 0.256. The molecule has 0 bridgehead atoms. The highest BCUT2D eigenvalue weighted by molar-refractivity contribution is 5.12. The molecule has 0 saturated carbocycles. The van der Waals surface area contributed by atoms with Gasteiger partial charge in [-0.1, -0.05) is 26.0 Å².